The summed E-state index contributed by atoms with van der Waals surface area (Å²) in [6, 6.07) is 0. The van der Waals surface area contributed by atoms with E-state index in [1.807, 2.05) is 0 Å². The fourth-order valence-electron chi connectivity index (χ4n) is 2.08. The van der Waals surface area contributed by atoms with Crippen LogP contribution in [0.2, 0.25) is 18.1 Å². The van der Waals surface area contributed by atoms with Gasteiger partial charge >= 0.3 is 0 Å². The number of hydrogen-bond acceptors (Lipinski definition) is 5. The monoisotopic (exact) mass is 374 g/mol. The summed E-state index contributed by atoms with van der Waals surface area (Å²) in [6.45, 7) is 14.0. The van der Waals surface area contributed by atoms with Crippen molar-refractivity contribution in [3.05, 3.63) is 0 Å². The van der Waals surface area contributed by atoms with Crippen molar-refractivity contribution in [3.63, 3.8) is 0 Å². The Morgan fingerprint density at radius 2 is 1.92 bits per heavy atom. The zero-order chi connectivity index (χ0) is 18.8. The quantitative estimate of drug-likeness (QED) is 0.420. The fraction of sp³-hybridized carbons (Fsp3) is 0.824. The molecule has 0 amide bonds. The Labute approximate surface area is 147 Å². The molecule has 0 N–H and O–H groups in total. The van der Waals surface area contributed by atoms with Crippen LogP contribution in [0.1, 0.15) is 41.0 Å². The molecular weight excluding hydrogens is 344 g/mol. The van der Waals surface area contributed by atoms with E-state index in [0.717, 1.165) is 0 Å². The molecule has 138 valence electrons. The molecule has 0 bridgehead atoms. The third-order valence-electron chi connectivity index (χ3n) is 4.72. The van der Waals surface area contributed by atoms with Gasteiger partial charge in [0.1, 0.15) is 0 Å². The Morgan fingerprint density at radius 1 is 1.33 bits per heavy atom. The highest BCUT2D eigenvalue weighted by Crippen LogP contribution is 2.37. The van der Waals surface area contributed by atoms with Crippen LogP contribution in [0.15, 0.2) is 0 Å². The maximum atomic E-state index is 12.5. The second-order valence-corrected chi connectivity index (χ2v) is 14.6. The summed E-state index contributed by atoms with van der Waals surface area (Å²) < 4.78 is 36.1. The van der Waals surface area contributed by atoms with Gasteiger partial charge in [-0.2, -0.15) is 8.42 Å². The summed E-state index contributed by atoms with van der Waals surface area (Å²) in [6.07, 6.45) is 0.332. The molecule has 0 aromatic carbocycles. The fourth-order valence-corrected chi connectivity index (χ4v) is 4.67. The highest BCUT2D eigenvalue weighted by molar-refractivity contribution is 7.88. The number of rotatable bonds is 5. The topological polar surface area (TPSA) is 69.7 Å². The molecule has 0 aliphatic carbocycles. The van der Waals surface area contributed by atoms with E-state index < -0.39 is 35.5 Å². The zero-order valence-corrected chi connectivity index (χ0v) is 17.6. The summed E-state index contributed by atoms with van der Waals surface area (Å²) >= 11 is 0. The second kappa shape index (κ2) is 7.69. The molecule has 7 heteroatoms. The maximum absolute atomic E-state index is 12.5. The van der Waals surface area contributed by atoms with Gasteiger partial charge in [0.05, 0.1) is 12.5 Å². The van der Waals surface area contributed by atoms with Crippen molar-refractivity contribution in [2.45, 2.75) is 64.4 Å². The standard InChI is InChI=1S/C17H30O5SSi/c1-13(2)15(18)16-14(10-8-9-11-21-23(16,19)20)12-22-24(6,7)17(3,4)5/h13-14,16H,9,11-12H2,1-7H3. The summed E-state index contributed by atoms with van der Waals surface area (Å²) in [4.78, 5) is 12.5. The Hall–Kier alpha value is -0.683. The van der Waals surface area contributed by atoms with Crippen molar-refractivity contribution in [2.75, 3.05) is 13.2 Å². The van der Waals surface area contributed by atoms with Gasteiger partial charge in [-0.3, -0.25) is 8.98 Å². The van der Waals surface area contributed by atoms with E-state index in [2.05, 4.69) is 45.7 Å². The lowest BCUT2D eigenvalue weighted by Gasteiger charge is -2.37. The van der Waals surface area contributed by atoms with E-state index in [1.165, 1.54) is 0 Å². The molecule has 1 heterocycles. The second-order valence-electron chi connectivity index (χ2n) is 8.04. The van der Waals surface area contributed by atoms with Gasteiger partial charge in [0, 0.05) is 18.9 Å². The van der Waals surface area contributed by atoms with Crippen LogP contribution in [0.4, 0.5) is 0 Å². The lowest BCUT2D eigenvalue weighted by atomic mass is 9.96. The van der Waals surface area contributed by atoms with Gasteiger partial charge < -0.3 is 4.43 Å². The zero-order valence-electron chi connectivity index (χ0n) is 15.8. The van der Waals surface area contributed by atoms with Gasteiger partial charge in [-0.1, -0.05) is 40.5 Å². The summed E-state index contributed by atoms with van der Waals surface area (Å²) in [5.74, 6) is 4.40. The van der Waals surface area contributed by atoms with E-state index in [0.29, 0.717) is 6.42 Å². The number of ketones is 1. The first-order chi connectivity index (χ1) is 10.8. The van der Waals surface area contributed by atoms with Gasteiger partial charge in [-0.25, -0.2) is 0 Å². The molecule has 1 rings (SSSR count). The molecule has 0 fully saturated rings. The van der Waals surface area contributed by atoms with E-state index in [-0.39, 0.29) is 24.0 Å². The lowest BCUT2D eigenvalue weighted by Crippen LogP contribution is -2.46. The number of Topliss-reactive ketones (excluding diaryl/α,β-unsaturated/α-hetero) is 1. The molecule has 0 radical (unpaired) electrons. The largest absolute Gasteiger partial charge is 0.416 e. The van der Waals surface area contributed by atoms with E-state index in [9.17, 15) is 13.2 Å². The molecule has 1 aliphatic rings. The maximum Gasteiger partial charge on any atom is 0.278 e. The van der Waals surface area contributed by atoms with Crippen molar-refractivity contribution in [1.82, 2.24) is 0 Å². The Kier molecular flexibility index (Phi) is 6.84. The molecule has 1 aliphatic heterocycles. The third-order valence-corrected chi connectivity index (χ3v) is 10.9. The van der Waals surface area contributed by atoms with Crippen LogP contribution in [0, 0.1) is 23.7 Å². The predicted octanol–water partition coefficient (Wildman–Crippen LogP) is 2.97. The van der Waals surface area contributed by atoms with Crippen LogP contribution >= 0.6 is 0 Å². The van der Waals surface area contributed by atoms with Crippen molar-refractivity contribution >= 4 is 24.2 Å². The molecule has 0 aromatic rings. The molecular formula is C17H30O5SSi. The van der Waals surface area contributed by atoms with Crippen LogP contribution in [-0.4, -0.2) is 41.0 Å². The van der Waals surface area contributed by atoms with Crippen molar-refractivity contribution in [1.29, 1.82) is 0 Å². The van der Waals surface area contributed by atoms with Crippen molar-refractivity contribution in [2.24, 2.45) is 11.8 Å². The molecule has 2 unspecified atom stereocenters. The lowest BCUT2D eigenvalue weighted by molar-refractivity contribution is -0.122. The van der Waals surface area contributed by atoms with Gasteiger partial charge in [0.15, 0.2) is 19.4 Å². The number of carbonyl (C=O) groups excluding carboxylic acids is 1. The van der Waals surface area contributed by atoms with Crippen LogP contribution in [0.5, 0.6) is 0 Å². The minimum absolute atomic E-state index is 0.00498. The van der Waals surface area contributed by atoms with Crippen LogP contribution in [0.3, 0.4) is 0 Å². The SMILES string of the molecule is CC(C)C(=O)C1C(CO[Si](C)(C)C(C)(C)C)C#CCCOS1(=O)=O. The van der Waals surface area contributed by atoms with Crippen LogP contribution in [0.25, 0.3) is 0 Å². The van der Waals surface area contributed by atoms with Crippen molar-refractivity contribution in [3.8, 4) is 11.8 Å². The Balaban J connectivity index is 3.15. The first kappa shape index (κ1) is 21.4. The Morgan fingerprint density at radius 3 is 2.42 bits per heavy atom. The normalized spacial score (nSPS) is 24.7. The minimum atomic E-state index is -4.00. The first-order valence-electron chi connectivity index (χ1n) is 8.34. The van der Waals surface area contributed by atoms with E-state index >= 15 is 0 Å². The Bertz CT molecular complexity index is 620. The average molecular weight is 375 g/mol. The summed E-state index contributed by atoms with van der Waals surface area (Å²) in [5.41, 5.74) is 0. The highest BCUT2D eigenvalue weighted by atomic mass is 32.2. The minimum Gasteiger partial charge on any atom is -0.416 e. The third kappa shape index (κ3) is 5.15. The summed E-state index contributed by atoms with van der Waals surface area (Å²) in [7, 11) is -6.07. The smallest absolute Gasteiger partial charge is 0.278 e. The van der Waals surface area contributed by atoms with Gasteiger partial charge in [-0.05, 0) is 18.1 Å². The average Bonchev–Trinajstić information content (AvgIpc) is 2.40. The van der Waals surface area contributed by atoms with Crippen LogP contribution < -0.4 is 0 Å². The molecule has 0 saturated carbocycles. The molecule has 24 heavy (non-hydrogen) atoms. The molecule has 5 nitrogen and oxygen atoms in total. The van der Waals surface area contributed by atoms with E-state index in [4.69, 9.17) is 8.61 Å². The molecule has 2 atom stereocenters. The first-order valence-corrected chi connectivity index (χ1v) is 12.7. The summed E-state index contributed by atoms with van der Waals surface area (Å²) in [5, 5.41) is -1.29. The predicted molar refractivity (Wildman–Crippen MR) is 97.5 cm³/mol. The molecule has 0 aromatic heterocycles. The molecule has 0 spiro atoms. The van der Waals surface area contributed by atoms with Gasteiger partial charge in [-0.15, -0.1) is 5.92 Å². The number of hydrogen-bond donors (Lipinski definition) is 0. The van der Waals surface area contributed by atoms with Crippen molar-refractivity contribution < 1.29 is 21.8 Å². The van der Waals surface area contributed by atoms with Crippen LogP contribution in [-0.2, 0) is 23.5 Å². The highest BCUT2D eigenvalue weighted by Gasteiger charge is 2.44. The van der Waals surface area contributed by atoms with E-state index in [1.54, 1.807) is 13.8 Å². The molecule has 0 saturated heterocycles. The van der Waals surface area contributed by atoms with Gasteiger partial charge in [0.25, 0.3) is 10.1 Å². The number of carbonyl (C=O) groups is 1. The van der Waals surface area contributed by atoms with Gasteiger partial charge in [0.2, 0.25) is 0 Å².